The second-order valence-electron chi connectivity index (χ2n) is 3.89. The van der Waals surface area contributed by atoms with Gasteiger partial charge in [0.05, 0.1) is 0 Å². The predicted octanol–water partition coefficient (Wildman–Crippen LogP) is 3.43. The third kappa shape index (κ3) is 3.67. The standard InChI is InChI=1S/C11H14IN3OS2/c1-2-3-4-5-6-17-11-14-15-9(16)7-8(12)13-10(15)18-11/h7H,2-6H2,1H3. The maximum absolute atomic E-state index is 11.7. The zero-order chi connectivity index (χ0) is 13.0. The number of hydrogen-bond donors (Lipinski definition) is 0. The average Bonchev–Trinajstić information content (AvgIpc) is 2.72. The van der Waals surface area contributed by atoms with Crippen molar-refractivity contribution >= 4 is 50.7 Å². The Morgan fingerprint density at radius 1 is 1.44 bits per heavy atom. The number of thioether (sulfide) groups is 1. The number of nitrogens with zero attached hydrogens (tertiary/aromatic N) is 3. The van der Waals surface area contributed by atoms with Crippen molar-refractivity contribution in [3.05, 3.63) is 20.1 Å². The van der Waals surface area contributed by atoms with Crippen LogP contribution in [0.3, 0.4) is 0 Å². The van der Waals surface area contributed by atoms with Crippen LogP contribution >= 0.6 is 45.7 Å². The SMILES string of the molecule is CCCCCCSc1nn2c(=O)cc(I)nc2s1. The van der Waals surface area contributed by atoms with E-state index in [9.17, 15) is 4.79 Å². The maximum Gasteiger partial charge on any atom is 0.276 e. The number of halogens is 1. The van der Waals surface area contributed by atoms with E-state index in [0.29, 0.717) is 4.96 Å². The Balaban J connectivity index is 2.02. The molecular formula is C11H14IN3OS2. The van der Waals surface area contributed by atoms with Crippen LogP contribution in [0.4, 0.5) is 0 Å². The van der Waals surface area contributed by atoms with Crippen LogP contribution in [-0.4, -0.2) is 20.4 Å². The van der Waals surface area contributed by atoms with Gasteiger partial charge in [0.25, 0.3) is 5.56 Å². The van der Waals surface area contributed by atoms with Crippen LogP contribution in [0.2, 0.25) is 0 Å². The normalized spacial score (nSPS) is 11.2. The minimum atomic E-state index is -0.0986. The summed E-state index contributed by atoms with van der Waals surface area (Å²) in [4.78, 5) is 16.7. The van der Waals surface area contributed by atoms with Crippen molar-refractivity contribution < 1.29 is 0 Å². The molecule has 0 N–H and O–H groups in total. The maximum atomic E-state index is 11.7. The van der Waals surface area contributed by atoms with Crippen LogP contribution < -0.4 is 5.56 Å². The van der Waals surface area contributed by atoms with E-state index in [1.54, 1.807) is 11.8 Å². The van der Waals surface area contributed by atoms with Crippen molar-refractivity contribution in [3.63, 3.8) is 0 Å². The highest BCUT2D eigenvalue weighted by Gasteiger charge is 2.08. The van der Waals surface area contributed by atoms with Crippen molar-refractivity contribution in [2.75, 3.05) is 5.75 Å². The van der Waals surface area contributed by atoms with E-state index in [-0.39, 0.29) is 5.56 Å². The molecule has 2 heterocycles. The fourth-order valence-corrected chi connectivity index (χ4v) is 4.18. The van der Waals surface area contributed by atoms with Gasteiger partial charge in [0, 0.05) is 11.8 Å². The zero-order valence-corrected chi connectivity index (χ0v) is 13.8. The highest BCUT2D eigenvalue weighted by molar-refractivity contribution is 14.1. The molecule has 2 aromatic heterocycles. The van der Waals surface area contributed by atoms with Crippen molar-refractivity contribution in [2.45, 2.75) is 36.9 Å². The van der Waals surface area contributed by atoms with Crippen LogP contribution in [0, 0.1) is 3.70 Å². The van der Waals surface area contributed by atoms with Crippen LogP contribution in [0.5, 0.6) is 0 Å². The van der Waals surface area contributed by atoms with Gasteiger partial charge >= 0.3 is 0 Å². The Morgan fingerprint density at radius 3 is 3.06 bits per heavy atom. The van der Waals surface area contributed by atoms with Gasteiger partial charge in [0.2, 0.25) is 4.96 Å². The lowest BCUT2D eigenvalue weighted by Crippen LogP contribution is -2.14. The summed E-state index contributed by atoms with van der Waals surface area (Å²) in [6, 6.07) is 1.50. The van der Waals surface area contributed by atoms with Crippen LogP contribution in [0.25, 0.3) is 4.96 Å². The molecule has 0 atom stereocenters. The largest absolute Gasteiger partial charge is 0.276 e. The summed E-state index contributed by atoms with van der Waals surface area (Å²) in [7, 11) is 0. The lowest BCUT2D eigenvalue weighted by atomic mass is 10.2. The van der Waals surface area contributed by atoms with E-state index >= 15 is 0 Å². The summed E-state index contributed by atoms with van der Waals surface area (Å²) in [5.74, 6) is 1.06. The van der Waals surface area contributed by atoms with Crippen LogP contribution in [-0.2, 0) is 0 Å². The molecule has 0 aliphatic carbocycles. The third-order valence-electron chi connectivity index (χ3n) is 2.42. The number of unbranched alkanes of at least 4 members (excludes halogenated alkanes) is 3. The molecule has 18 heavy (non-hydrogen) atoms. The molecule has 0 fully saturated rings. The van der Waals surface area contributed by atoms with E-state index in [0.717, 1.165) is 13.8 Å². The first-order valence-corrected chi connectivity index (χ1v) is 8.78. The lowest BCUT2D eigenvalue weighted by Gasteiger charge is -1.96. The smallest absolute Gasteiger partial charge is 0.267 e. The molecule has 0 radical (unpaired) electrons. The lowest BCUT2D eigenvalue weighted by molar-refractivity contribution is 0.706. The van der Waals surface area contributed by atoms with E-state index < -0.39 is 0 Å². The second-order valence-corrected chi connectivity index (χ2v) is 7.29. The number of rotatable bonds is 6. The van der Waals surface area contributed by atoms with E-state index in [1.807, 2.05) is 0 Å². The Labute approximate surface area is 127 Å². The summed E-state index contributed by atoms with van der Waals surface area (Å²) in [6.45, 7) is 2.21. The van der Waals surface area contributed by atoms with Gasteiger partial charge in [0.1, 0.15) is 3.70 Å². The number of fused-ring (bicyclic) bond motifs is 1. The van der Waals surface area contributed by atoms with Crippen molar-refractivity contribution in [1.29, 1.82) is 0 Å². The van der Waals surface area contributed by atoms with Gasteiger partial charge in [-0.3, -0.25) is 4.79 Å². The minimum absolute atomic E-state index is 0.0986. The molecule has 4 nitrogen and oxygen atoms in total. The molecule has 7 heteroatoms. The van der Waals surface area contributed by atoms with Gasteiger partial charge in [-0.2, -0.15) is 4.52 Å². The highest BCUT2D eigenvalue weighted by atomic mass is 127. The first kappa shape index (κ1) is 14.3. The summed E-state index contributed by atoms with van der Waals surface area (Å²) < 4.78 is 3.04. The monoisotopic (exact) mass is 395 g/mol. The Kier molecular flexibility index (Phi) is 5.43. The fourth-order valence-electron chi connectivity index (χ4n) is 1.51. The zero-order valence-electron chi connectivity index (χ0n) is 10.1. The molecule has 0 aliphatic heterocycles. The van der Waals surface area contributed by atoms with Crippen molar-refractivity contribution in [2.24, 2.45) is 0 Å². The van der Waals surface area contributed by atoms with Gasteiger partial charge in [-0.1, -0.05) is 49.3 Å². The van der Waals surface area contributed by atoms with E-state index in [1.165, 1.54) is 47.6 Å². The fraction of sp³-hybridized carbons (Fsp3) is 0.545. The summed E-state index contributed by atoms with van der Waals surface area (Å²) in [5, 5.41) is 4.29. The molecule has 0 saturated heterocycles. The van der Waals surface area contributed by atoms with Gasteiger partial charge in [-0.25, -0.2) is 4.98 Å². The average molecular weight is 395 g/mol. The summed E-state index contributed by atoms with van der Waals surface area (Å²) in [5.41, 5.74) is -0.0986. The molecule has 0 bridgehead atoms. The van der Waals surface area contributed by atoms with Crippen LogP contribution in [0.15, 0.2) is 15.2 Å². The van der Waals surface area contributed by atoms with E-state index in [2.05, 4.69) is 39.6 Å². The molecule has 0 aromatic carbocycles. The molecular weight excluding hydrogens is 381 g/mol. The topological polar surface area (TPSA) is 47.3 Å². The van der Waals surface area contributed by atoms with Crippen molar-refractivity contribution in [1.82, 2.24) is 14.6 Å². The van der Waals surface area contributed by atoms with E-state index in [4.69, 9.17) is 0 Å². The molecule has 98 valence electrons. The van der Waals surface area contributed by atoms with Gasteiger partial charge in [-0.15, -0.1) is 5.10 Å². The molecule has 0 spiro atoms. The third-order valence-corrected chi connectivity index (χ3v) is 5.10. The van der Waals surface area contributed by atoms with Gasteiger partial charge in [-0.05, 0) is 29.0 Å². The second kappa shape index (κ2) is 6.85. The summed E-state index contributed by atoms with van der Waals surface area (Å²) >= 11 is 5.26. The Hall–Kier alpha value is -0.150. The Morgan fingerprint density at radius 2 is 2.28 bits per heavy atom. The molecule has 2 rings (SSSR count). The predicted molar refractivity (Wildman–Crippen MR) is 84.7 cm³/mol. The number of aromatic nitrogens is 3. The molecule has 2 aromatic rings. The molecule has 0 amide bonds. The first-order valence-electron chi connectivity index (χ1n) is 5.90. The quantitative estimate of drug-likeness (QED) is 0.326. The number of hydrogen-bond acceptors (Lipinski definition) is 5. The van der Waals surface area contributed by atoms with Crippen LogP contribution in [0.1, 0.15) is 32.6 Å². The molecule has 0 aliphatic rings. The van der Waals surface area contributed by atoms with Gasteiger partial charge < -0.3 is 0 Å². The Bertz CT molecular complexity index is 581. The summed E-state index contributed by atoms with van der Waals surface area (Å²) in [6.07, 6.45) is 5.02. The van der Waals surface area contributed by atoms with Crippen molar-refractivity contribution in [3.8, 4) is 0 Å². The molecule has 0 unspecified atom stereocenters. The van der Waals surface area contributed by atoms with Gasteiger partial charge in [0.15, 0.2) is 4.34 Å². The molecule has 0 saturated carbocycles. The first-order chi connectivity index (χ1) is 8.70. The highest BCUT2D eigenvalue weighted by Crippen LogP contribution is 2.24. The minimum Gasteiger partial charge on any atom is -0.267 e.